The SMILES string of the molecule is CC1CCC(NC(=O)NCc2ccnn2C)CC1. The van der Waals surface area contributed by atoms with Crippen LogP contribution in [-0.2, 0) is 13.6 Å². The molecule has 0 aromatic carbocycles. The first-order valence-corrected chi connectivity index (χ1v) is 6.66. The van der Waals surface area contributed by atoms with Crippen molar-refractivity contribution in [1.29, 1.82) is 0 Å². The molecule has 1 aromatic heterocycles. The van der Waals surface area contributed by atoms with Crippen LogP contribution in [0.5, 0.6) is 0 Å². The molecular weight excluding hydrogens is 228 g/mol. The number of aryl methyl sites for hydroxylation is 1. The summed E-state index contributed by atoms with van der Waals surface area (Å²) < 4.78 is 1.77. The summed E-state index contributed by atoms with van der Waals surface area (Å²) in [4.78, 5) is 11.7. The van der Waals surface area contributed by atoms with Gasteiger partial charge in [-0.05, 0) is 37.7 Å². The van der Waals surface area contributed by atoms with E-state index in [1.807, 2.05) is 13.1 Å². The molecule has 0 aliphatic heterocycles. The summed E-state index contributed by atoms with van der Waals surface area (Å²) in [5.41, 5.74) is 1.00. The van der Waals surface area contributed by atoms with E-state index in [1.54, 1.807) is 10.9 Å². The standard InChI is InChI=1S/C13H22N4O/c1-10-3-5-11(6-4-10)16-13(18)14-9-12-7-8-15-17(12)2/h7-8,10-11H,3-6,9H2,1-2H3,(H2,14,16,18). The fourth-order valence-corrected chi connectivity index (χ4v) is 2.39. The van der Waals surface area contributed by atoms with E-state index >= 15 is 0 Å². The fraction of sp³-hybridized carbons (Fsp3) is 0.692. The van der Waals surface area contributed by atoms with E-state index in [9.17, 15) is 4.79 Å². The van der Waals surface area contributed by atoms with Crippen LogP contribution >= 0.6 is 0 Å². The topological polar surface area (TPSA) is 59.0 Å². The van der Waals surface area contributed by atoms with Crippen LogP contribution in [0.15, 0.2) is 12.3 Å². The van der Waals surface area contributed by atoms with Gasteiger partial charge in [0.05, 0.1) is 12.2 Å². The van der Waals surface area contributed by atoms with Gasteiger partial charge in [-0.25, -0.2) is 4.79 Å². The van der Waals surface area contributed by atoms with Gasteiger partial charge in [0.1, 0.15) is 0 Å². The summed E-state index contributed by atoms with van der Waals surface area (Å²) in [5.74, 6) is 0.806. The summed E-state index contributed by atoms with van der Waals surface area (Å²) in [6.07, 6.45) is 6.36. The highest BCUT2D eigenvalue weighted by Crippen LogP contribution is 2.23. The second kappa shape index (κ2) is 5.89. The molecule has 18 heavy (non-hydrogen) atoms. The lowest BCUT2D eigenvalue weighted by Crippen LogP contribution is -2.43. The number of rotatable bonds is 3. The molecule has 5 heteroatoms. The Labute approximate surface area is 108 Å². The third-order valence-corrected chi connectivity index (χ3v) is 3.70. The van der Waals surface area contributed by atoms with E-state index in [0.29, 0.717) is 12.6 Å². The number of aromatic nitrogens is 2. The van der Waals surface area contributed by atoms with Crippen molar-refractivity contribution in [2.45, 2.75) is 45.2 Å². The molecule has 0 unspecified atom stereocenters. The third kappa shape index (κ3) is 3.48. The molecule has 1 aliphatic rings. The lowest BCUT2D eigenvalue weighted by molar-refractivity contribution is 0.228. The number of amides is 2. The number of carbonyl (C=O) groups is 1. The minimum atomic E-state index is -0.0734. The van der Waals surface area contributed by atoms with E-state index in [2.05, 4.69) is 22.7 Å². The maximum absolute atomic E-state index is 11.7. The molecule has 2 rings (SSSR count). The summed E-state index contributed by atoms with van der Waals surface area (Å²) in [6.45, 7) is 2.80. The molecule has 0 radical (unpaired) electrons. The molecule has 5 nitrogen and oxygen atoms in total. The van der Waals surface area contributed by atoms with Crippen LogP contribution in [0.3, 0.4) is 0 Å². The van der Waals surface area contributed by atoms with E-state index in [4.69, 9.17) is 0 Å². The molecule has 0 bridgehead atoms. The second-order valence-electron chi connectivity index (χ2n) is 5.23. The maximum atomic E-state index is 11.7. The van der Waals surface area contributed by atoms with Gasteiger partial charge in [0.2, 0.25) is 0 Å². The minimum Gasteiger partial charge on any atom is -0.335 e. The molecular formula is C13H22N4O. The Morgan fingerprint density at radius 3 is 2.78 bits per heavy atom. The molecule has 1 aromatic rings. The van der Waals surface area contributed by atoms with Crippen molar-refractivity contribution in [3.05, 3.63) is 18.0 Å². The van der Waals surface area contributed by atoms with Crippen LogP contribution in [0.25, 0.3) is 0 Å². The van der Waals surface area contributed by atoms with Crippen LogP contribution in [0.2, 0.25) is 0 Å². The highest BCUT2D eigenvalue weighted by Gasteiger charge is 2.19. The van der Waals surface area contributed by atoms with Gasteiger partial charge in [-0.2, -0.15) is 5.10 Å². The monoisotopic (exact) mass is 250 g/mol. The highest BCUT2D eigenvalue weighted by atomic mass is 16.2. The number of carbonyl (C=O) groups excluding carboxylic acids is 1. The maximum Gasteiger partial charge on any atom is 0.315 e. The number of nitrogens with zero attached hydrogens (tertiary/aromatic N) is 2. The van der Waals surface area contributed by atoms with E-state index in [0.717, 1.165) is 24.5 Å². The quantitative estimate of drug-likeness (QED) is 0.859. The van der Waals surface area contributed by atoms with Crippen LogP contribution in [0.4, 0.5) is 4.79 Å². The van der Waals surface area contributed by atoms with Crippen molar-refractivity contribution in [2.75, 3.05) is 0 Å². The van der Waals surface area contributed by atoms with Crippen LogP contribution < -0.4 is 10.6 Å². The molecule has 1 saturated carbocycles. The number of hydrogen-bond donors (Lipinski definition) is 2. The van der Waals surface area contributed by atoms with E-state index in [1.165, 1.54) is 12.8 Å². The van der Waals surface area contributed by atoms with Gasteiger partial charge in [-0.15, -0.1) is 0 Å². The average Bonchev–Trinajstić information content (AvgIpc) is 2.75. The summed E-state index contributed by atoms with van der Waals surface area (Å²) >= 11 is 0. The summed E-state index contributed by atoms with van der Waals surface area (Å²) in [5, 5.41) is 9.98. The lowest BCUT2D eigenvalue weighted by atomic mass is 9.87. The largest absolute Gasteiger partial charge is 0.335 e. The zero-order valence-electron chi connectivity index (χ0n) is 11.1. The molecule has 2 amide bonds. The van der Waals surface area contributed by atoms with Crippen molar-refractivity contribution in [3.8, 4) is 0 Å². The summed E-state index contributed by atoms with van der Waals surface area (Å²) in [7, 11) is 1.87. The van der Waals surface area contributed by atoms with Crippen molar-refractivity contribution in [1.82, 2.24) is 20.4 Å². The lowest BCUT2D eigenvalue weighted by Gasteiger charge is -2.26. The Kier molecular flexibility index (Phi) is 4.23. The predicted molar refractivity (Wildman–Crippen MR) is 70.0 cm³/mol. The molecule has 0 atom stereocenters. The summed E-state index contributed by atoms with van der Waals surface area (Å²) in [6, 6.07) is 2.17. The van der Waals surface area contributed by atoms with Crippen molar-refractivity contribution < 1.29 is 4.79 Å². The zero-order chi connectivity index (χ0) is 13.0. The van der Waals surface area contributed by atoms with Crippen LogP contribution in [0.1, 0.15) is 38.3 Å². The molecule has 1 heterocycles. The molecule has 0 saturated heterocycles. The van der Waals surface area contributed by atoms with Gasteiger partial charge in [0.25, 0.3) is 0 Å². The molecule has 1 fully saturated rings. The van der Waals surface area contributed by atoms with Crippen molar-refractivity contribution >= 4 is 6.03 Å². The minimum absolute atomic E-state index is 0.0734. The van der Waals surface area contributed by atoms with E-state index in [-0.39, 0.29) is 6.03 Å². The Hall–Kier alpha value is -1.52. The molecule has 0 spiro atoms. The first-order chi connectivity index (χ1) is 8.65. The first-order valence-electron chi connectivity index (χ1n) is 6.66. The van der Waals surface area contributed by atoms with Gasteiger partial charge in [-0.3, -0.25) is 4.68 Å². The average molecular weight is 250 g/mol. The molecule has 2 N–H and O–H groups in total. The number of urea groups is 1. The highest BCUT2D eigenvalue weighted by molar-refractivity contribution is 5.74. The van der Waals surface area contributed by atoms with Crippen LogP contribution in [-0.4, -0.2) is 21.9 Å². The van der Waals surface area contributed by atoms with Crippen LogP contribution in [0, 0.1) is 5.92 Å². The zero-order valence-corrected chi connectivity index (χ0v) is 11.1. The molecule has 100 valence electrons. The Balaban J connectivity index is 1.71. The van der Waals surface area contributed by atoms with Gasteiger partial charge in [-0.1, -0.05) is 6.92 Å². The Bertz CT molecular complexity index is 393. The van der Waals surface area contributed by atoms with Gasteiger partial charge >= 0.3 is 6.03 Å². The predicted octanol–water partition coefficient (Wildman–Crippen LogP) is 1.80. The van der Waals surface area contributed by atoms with Crippen molar-refractivity contribution in [3.63, 3.8) is 0 Å². The van der Waals surface area contributed by atoms with Gasteiger partial charge in [0.15, 0.2) is 0 Å². The van der Waals surface area contributed by atoms with Crippen molar-refractivity contribution in [2.24, 2.45) is 13.0 Å². The first kappa shape index (κ1) is 12.9. The van der Waals surface area contributed by atoms with E-state index < -0.39 is 0 Å². The second-order valence-corrected chi connectivity index (χ2v) is 5.23. The Morgan fingerprint density at radius 1 is 1.44 bits per heavy atom. The fourth-order valence-electron chi connectivity index (χ4n) is 2.39. The molecule has 1 aliphatic carbocycles. The number of hydrogen-bond acceptors (Lipinski definition) is 2. The smallest absolute Gasteiger partial charge is 0.315 e. The number of nitrogens with one attached hydrogen (secondary N) is 2. The van der Waals surface area contributed by atoms with Gasteiger partial charge in [0, 0.05) is 19.3 Å². The normalized spacial score (nSPS) is 23.7. The van der Waals surface area contributed by atoms with Gasteiger partial charge < -0.3 is 10.6 Å². The Morgan fingerprint density at radius 2 is 2.17 bits per heavy atom. The third-order valence-electron chi connectivity index (χ3n) is 3.70.